The molecule has 0 aliphatic carbocycles. The third kappa shape index (κ3) is 2.04. The molecule has 2 heterocycles. The molecule has 1 aromatic rings. The molecule has 7 heteroatoms. The lowest BCUT2D eigenvalue weighted by atomic mass is 10.1. The molecule has 1 aliphatic rings. The molecule has 1 aromatic heterocycles. The van der Waals surface area contributed by atoms with E-state index in [1.54, 1.807) is 17.1 Å². The number of nitrogens with zero attached hydrogens (tertiary/aromatic N) is 3. The van der Waals surface area contributed by atoms with Gasteiger partial charge in [0.15, 0.2) is 12.5 Å². The van der Waals surface area contributed by atoms with Crippen molar-refractivity contribution < 1.29 is 9.53 Å². The van der Waals surface area contributed by atoms with E-state index in [9.17, 15) is 4.79 Å². The van der Waals surface area contributed by atoms with E-state index >= 15 is 0 Å². The lowest BCUT2D eigenvalue weighted by Gasteiger charge is -2.20. The highest BCUT2D eigenvalue weighted by atomic mass is 16.5. The fourth-order valence-electron chi connectivity index (χ4n) is 1.65. The highest BCUT2D eigenvalue weighted by Gasteiger charge is 2.31. The Kier molecular flexibility index (Phi) is 3.05. The lowest BCUT2D eigenvalue weighted by molar-refractivity contribution is -0.119. The number of nitrogens with one attached hydrogen (secondary N) is 1. The first-order chi connectivity index (χ1) is 7.35. The zero-order valence-electron chi connectivity index (χ0n) is 8.11. The Morgan fingerprint density at radius 3 is 3.20 bits per heavy atom. The van der Waals surface area contributed by atoms with Gasteiger partial charge in [0.05, 0.1) is 18.3 Å². The highest BCUT2D eigenvalue weighted by Crippen LogP contribution is 2.16. The van der Waals surface area contributed by atoms with Crippen molar-refractivity contribution in [2.24, 2.45) is 5.73 Å². The normalized spacial score (nSPS) is 27.8. The Hall–Kier alpha value is -1.31. The topological polar surface area (TPSA) is 95.1 Å². The van der Waals surface area contributed by atoms with Crippen molar-refractivity contribution in [3.63, 3.8) is 0 Å². The minimum absolute atomic E-state index is 0.0926. The number of nitrogens with two attached hydrogens (primary N) is 1. The molecular formula is C8H13N5O2. The SMILES string of the molecule is NCC(C1CNC(C=O)O1)n1ccnn1. The molecular weight excluding hydrogens is 198 g/mol. The zero-order valence-corrected chi connectivity index (χ0v) is 8.11. The van der Waals surface area contributed by atoms with Gasteiger partial charge in [0, 0.05) is 19.3 Å². The average molecular weight is 211 g/mol. The van der Waals surface area contributed by atoms with Gasteiger partial charge in [-0.1, -0.05) is 5.21 Å². The summed E-state index contributed by atoms with van der Waals surface area (Å²) in [5.41, 5.74) is 5.65. The van der Waals surface area contributed by atoms with Crippen molar-refractivity contribution in [1.29, 1.82) is 0 Å². The molecule has 3 unspecified atom stereocenters. The molecule has 1 aliphatic heterocycles. The molecule has 0 amide bonds. The van der Waals surface area contributed by atoms with E-state index in [0.717, 1.165) is 6.29 Å². The quantitative estimate of drug-likeness (QED) is 0.576. The molecule has 0 radical (unpaired) electrons. The van der Waals surface area contributed by atoms with Crippen LogP contribution in [0.4, 0.5) is 0 Å². The molecule has 0 aromatic carbocycles. The number of hydrogen-bond donors (Lipinski definition) is 2. The van der Waals surface area contributed by atoms with Gasteiger partial charge in [-0.25, -0.2) is 4.68 Å². The van der Waals surface area contributed by atoms with Crippen molar-refractivity contribution in [2.45, 2.75) is 18.4 Å². The molecule has 7 nitrogen and oxygen atoms in total. The molecule has 82 valence electrons. The fourth-order valence-corrected chi connectivity index (χ4v) is 1.65. The van der Waals surface area contributed by atoms with Crippen molar-refractivity contribution in [3.05, 3.63) is 12.4 Å². The summed E-state index contributed by atoms with van der Waals surface area (Å²) in [6.07, 6.45) is 3.37. The van der Waals surface area contributed by atoms with Crippen molar-refractivity contribution >= 4 is 6.29 Å². The Bertz CT molecular complexity index is 315. The first-order valence-electron chi connectivity index (χ1n) is 4.75. The van der Waals surface area contributed by atoms with Gasteiger partial charge in [-0.15, -0.1) is 5.10 Å². The van der Waals surface area contributed by atoms with E-state index in [1.807, 2.05) is 0 Å². The minimum atomic E-state index is -0.535. The molecule has 3 N–H and O–H groups in total. The second-order valence-corrected chi connectivity index (χ2v) is 3.33. The molecule has 2 rings (SSSR count). The highest BCUT2D eigenvalue weighted by molar-refractivity contribution is 5.55. The van der Waals surface area contributed by atoms with Gasteiger partial charge in [0.1, 0.15) is 0 Å². The molecule has 0 bridgehead atoms. The van der Waals surface area contributed by atoms with Crippen LogP contribution in [-0.4, -0.2) is 46.7 Å². The Morgan fingerprint density at radius 2 is 2.67 bits per heavy atom. The van der Waals surface area contributed by atoms with Crippen LogP contribution in [0, 0.1) is 0 Å². The van der Waals surface area contributed by atoms with E-state index in [-0.39, 0.29) is 12.1 Å². The van der Waals surface area contributed by atoms with Crippen LogP contribution >= 0.6 is 0 Å². The summed E-state index contributed by atoms with van der Waals surface area (Å²) < 4.78 is 7.09. The van der Waals surface area contributed by atoms with E-state index < -0.39 is 6.23 Å². The monoisotopic (exact) mass is 211 g/mol. The molecule has 1 fully saturated rings. The first-order valence-corrected chi connectivity index (χ1v) is 4.75. The van der Waals surface area contributed by atoms with Crippen LogP contribution in [0.2, 0.25) is 0 Å². The van der Waals surface area contributed by atoms with Gasteiger partial charge in [-0.3, -0.25) is 10.1 Å². The summed E-state index contributed by atoms with van der Waals surface area (Å²) in [6, 6.07) is -0.0926. The Labute approximate surface area is 86.6 Å². The van der Waals surface area contributed by atoms with Crippen LogP contribution in [0.3, 0.4) is 0 Å². The smallest absolute Gasteiger partial charge is 0.165 e. The molecule has 0 spiro atoms. The predicted octanol–water partition coefficient (Wildman–Crippen LogP) is -1.71. The van der Waals surface area contributed by atoms with E-state index in [0.29, 0.717) is 13.1 Å². The molecule has 1 saturated heterocycles. The number of rotatable bonds is 4. The van der Waals surface area contributed by atoms with Crippen molar-refractivity contribution in [2.75, 3.05) is 13.1 Å². The van der Waals surface area contributed by atoms with Gasteiger partial charge in [0.25, 0.3) is 0 Å². The summed E-state index contributed by atoms with van der Waals surface area (Å²) in [5, 5.41) is 10.5. The first kappa shape index (κ1) is 10.2. The maximum Gasteiger partial charge on any atom is 0.165 e. The number of hydrogen-bond acceptors (Lipinski definition) is 6. The minimum Gasteiger partial charge on any atom is -0.349 e. The second-order valence-electron chi connectivity index (χ2n) is 3.33. The number of aromatic nitrogens is 3. The van der Waals surface area contributed by atoms with E-state index in [4.69, 9.17) is 10.5 Å². The van der Waals surface area contributed by atoms with E-state index in [1.165, 1.54) is 0 Å². The molecule has 3 atom stereocenters. The zero-order chi connectivity index (χ0) is 10.7. The van der Waals surface area contributed by atoms with E-state index in [2.05, 4.69) is 15.6 Å². The van der Waals surface area contributed by atoms with Gasteiger partial charge >= 0.3 is 0 Å². The summed E-state index contributed by atoms with van der Waals surface area (Å²) in [5.74, 6) is 0. The molecule has 15 heavy (non-hydrogen) atoms. The van der Waals surface area contributed by atoms with Crippen LogP contribution in [0.25, 0.3) is 0 Å². The number of ether oxygens (including phenoxy) is 1. The standard InChI is InChI=1S/C8H13N5O2/c9-3-6(13-2-1-11-12-13)7-4-10-8(5-14)15-7/h1-2,5-8,10H,3-4,9H2. The maximum absolute atomic E-state index is 10.5. The largest absolute Gasteiger partial charge is 0.349 e. The second kappa shape index (κ2) is 4.47. The fraction of sp³-hybridized carbons (Fsp3) is 0.625. The lowest BCUT2D eigenvalue weighted by Crippen LogP contribution is -2.33. The third-order valence-corrected chi connectivity index (χ3v) is 2.42. The Balaban J connectivity index is 2.05. The Morgan fingerprint density at radius 1 is 1.80 bits per heavy atom. The van der Waals surface area contributed by atoms with Crippen molar-refractivity contribution in [1.82, 2.24) is 20.3 Å². The van der Waals surface area contributed by atoms with Crippen LogP contribution < -0.4 is 11.1 Å². The summed E-state index contributed by atoms with van der Waals surface area (Å²) in [7, 11) is 0. The molecule has 0 saturated carbocycles. The maximum atomic E-state index is 10.5. The summed E-state index contributed by atoms with van der Waals surface area (Å²) >= 11 is 0. The summed E-state index contributed by atoms with van der Waals surface area (Å²) in [4.78, 5) is 10.5. The van der Waals surface area contributed by atoms with Crippen LogP contribution in [0.5, 0.6) is 0 Å². The van der Waals surface area contributed by atoms with Crippen LogP contribution in [-0.2, 0) is 9.53 Å². The number of carbonyl (C=O) groups is 1. The van der Waals surface area contributed by atoms with Gasteiger partial charge in [-0.2, -0.15) is 0 Å². The predicted molar refractivity (Wildman–Crippen MR) is 50.8 cm³/mol. The third-order valence-electron chi connectivity index (χ3n) is 2.42. The van der Waals surface area contributed by atoms with Crippen LogP contribution in [0.1, 0.15) is 6.04 Å². The van der Waals surface area contributed by atoms with Gasteiger partial charge in [0.2, 0.25) is 0 Å². The number of carbonyl (C=O) groups excluding carboxylic acids is 1. The van der Waals surface area contributed by atoms with Gasteiger partial charge < -0.3 is 10.5 Å². The van der Waals surface area contributed by atoms with Gasteiger partial charge in [-0.05, 0) is 0 Å². The van der Waals surface area contributed by atoms with Crippen LogP contribution in [0.15, 0.2) is 12.4 Å². The number of aldehydes is 1. The average Bonchev–Trinajstić information content (AvgIpc) is 2.89. The van der Waals surface area contributed by atoms with Crippen molar-refractivity contribution in [3.8, 4) is 0 Å². The summed E-state index contributed by atoms with van der Waals surface area (Å²) in [6.45, 7) is 0.979.